The van der Waals surface area contributed by atoms with Crippen LogP contribution in [0.1, 0.15) is 6.42 Å². The Balaban J connectivity index is 2.23. The molecule has 1 saturated heterocycles. The highest BCUT2D eigenvalue weighted by atomic mass is 15.2. The molecule has 0 amide bonds. The highest BCUT2D eigenvalue weighted by Crippen LogP contribution is 2.27. The van der Waals surface area contributed by atoms with E-state index in [0.29, 0.717) is 0 Å². The molecule has 11 heavy (non-hydrogen) atoms. The van der Waals surface area contributed by atoms with Crippen LogP contribution >= 0.6 is 0 Å². The first-order chi connectivity index (χ1) is 5.38. The molecule has 1 nitrogen and oxygen atoms in total. The minimum Gasteiger partial charge on any atom is -0.345 e. The van der Waals surface area contributed by atoms with E-state index in [2.05, 4.69) is 35.7 Å². The molecular formula is C10H11N. The Hall–Kier alpha value is -1.24. The third-order valence-corrected chi connectivity index (χ3v) is 2.07. The van der Waals surface area contributed by atoms with E-state index in [4.69, 9.17) is 0 Å². The average Bonchev–Trinajstić information content (AvgIpc) is 2.04. The van der Waals surface area contributed by atoms with Crippen LogP contribution in [0.25, 0.3) is 0 Å². The standard InChI is InChI=1S/C10H11N/c1-9-7-8-11(9)10-5-3-2-4-6-10/h2-6H,1,7-8H2. The number of hydrogen-bond donors (Lipinski definition) is 0. The van der Waals surface area contributed by atoms with Crippen molar-refractivity contribution in [2.75, 3.05) is 11.4 Å². The van der Waals surface area contributed by atoms with Gasteiger partial charge in [-0.2, -0.15) is 0 Å². The third-order valence-electron chi connectivity index (χ3n) is 2.07. The molecule has 1 fully saturated rings. The van der Waals surface area contributed by atoms with Crippen molar-refractivity contribution in [3.05, 3.63) is 42.6 Å². The summed E-state index contributed by atoms with van der Waals surface area (Å²) in [5.74, 6) is 0. The number of hydrogen-bond acceptors (Lipinski definition) is 1. The van der Waals surface area contributed by atoms with Gasteiger partial charge in [-0.25, -0.2) is 0 Å². The summed E-state index contributed by atoms with van der Waals surface area (Å²) in [6.07, 6.45) is 1.15. The summed E-state index contributed by atoms with van der Waals surface area (Å²) in [6, 6.07) is 10.4. The summed E-state index contributed by atoms with van der Waals surface area (Å²) in [4.78, 5) is 2.24. The van der Waals surface area contributed by atoms with E-state index < -0.39 is 0 Å². The molecule has 1 aliphatic rings. The van der Waals surface area contributed by atoms with E-state index in [9.17, 15) is 0 Å². The summed E-state index contributed by atoms with van der Waals surface area (Å²) in [5, 5.41) is 0. The lowest BCUT2D eigenvalue weighted by Crippen LogP contribution is -2.33. The molecule has 1 heterocycles. The number of benzene rings is 1. The van der Waals surface area contributed by atoms with E-state index in [1.807, 2.05) is 6.07 Å². The van der Waals surface area contributed by atoms with Gasteiger partial charge in [0.2, 0.25) is 0 Å². The minimum absolute atomic E-state index is 1.13. The maximum atomic E-state index is 3.94. The van der Waals surface area contributed by atoms with Gasteiger partial charge >= 0.3 is 0 Å². The summed E-state index contributed by atoms with van der Waals surface area (Å²) in [7, 11) is 0. The summed E-state index contributed by atoms with van der Waals surface area (Å²) >= 11 is 0. The highest BCUT2D eigenvalue weighted by Gasteiger charge is 2.18. The van der Waals surface area contributed by atoms with Crippen LogP contribution in [0.2, 0.25) is 0 Å². The average molecular weight is 145 g/mol. The molecule has 0 aliphatic carbocycles. The first-order valence-corrected chi connectivity index (χ1v) is 3.88. The molecule has 1 heteroatoms. The number of rotatable bonds is 1. The van der Waals surface area contributed by atoms with Gasteiger partial charge < -0.3 is 4.90 Å². The topological polar surface area (TPSA) is 3.24 Å². The first kappa shape index (κ1) is 6.47. The SMILES string of the molecule is C=C1CCN1c1ccccc1. The Morgan fingerprint density at radius 2 is 1.91 bits per heavy atom. The molecule has 1 aliphatic heterocycles. The van der Waals surface area contributed by atoms with E-state index in [0.717, 1.165) is 13.0 Å². The van der Waals surface area contributed by atoms with Gasteiger partial charge in [-0.1, -0.05) is 24.8 Å². The summed E-state index contributed by atoms with van der Waals surface area (Å²) in [6.45, 7) is 5.07. The molecule has 56 valence electrons. The Labute approximate surface area is 67.0 Å². The predicted octanol–water partition coefficient (Wildman–Crippen LogP) is 2.41. The minimum atomic E-state index is 1.13. The van der Waals surface area contributed by atoms with Crippen LogP contribution in [-0.4, -0.2) is 6.54 Å². The molecule has 0 bridgehead atoms. The second-order valence-corrected chi connectivity index (χ2v) is 2.80. The van der Waals surface area contributed by atoms with Crippen LogP contribution in [0.5, 0.6) is 0 Å². The van der Waals surface area contributed by atoms with Crippen LogP contribution in [-0.2, 0) is 0 Å². The molecule has 0 N–H and O–H groups in total. The first-order valence-electron chi connectivity index (χ1n) is 3.88. The normalized spacial score (nSPS) is 16.4. The van der Waals surface area contributed by atoms with E-state index in [-0.39, 0.29) is 0 Å². The molecule has 0 aromatic heterocycles. The Bertz CT molecular complexity index is 263. The second-order valence-electron chi connectivity index (χ2n) is 2.80. The van der Waals surface area contributed by atoms with Gasteiger partial charge in [-0.05, 0) is 12.1 Å². The Morgan fingerprint density at radius 1 is 1.18 bits per heavy atom. The smallest absolute Gasteiger partial charge is 0.0408 e. The molecule has 1 aromatic carbocycles. The van der Waals surface area contributed by atoms with Crippen LogP contribution in [0.3, 0.4) is 0 Å². The maximum absolute atomic E-state index is 3.94. The lowest BCUT2D eigenvalue weighted by molar-refractivity contribution is 0.727. The van der Waals surface area contributed by atoms with Crippen LogP contribution in [0, 0.1) is 0 Å². The number of para-hydroxylation sites is 1. The van der Waals surface area contributed by atoms with Gasteiger partial charge in [0.1, 0.15) is 0 Å². The van der Waals surface area contributed by atoms with Crippen molar-refractivity contribution in [2.24, 2.45) is 0 Å². The summed E-state index contributed by atoms with van der Waals surface area (Å²) < 4.78 is 0. The van der Waals surface area contributed by atoms with Crippen LogP contribution in [0.4, 0.5) is 5.69 Å². The van der Waals surface area contributed by atoms with Crippen molar-refractivity contribution in [1.29, 1.82) is 0 Å². The number of anilines is 1. The van der Waals surface area contributed by atoms with Crippen molar-refractivity contribution >= 4 is 5.69 Å². The molecule has 1 aromatic rings. The molecule has 0 spiro atoms. The lowest BCUT2D eigenvalue weighted by Gasteiger charge is -2.35. The van der Waals surface area contributed by atoms with Crippen molar-refractivity contribution in [3.8, 4) is 0 Å². The molecule has 0 atom stereocenters. The van der Waals surface area contributed by atoms with E-state index >= 15 is 0 Å². The van der Waals surface area contributed by atoms with Gasteiger partial charge in [0.15, 0.2) is 0 Å². The molecule has 0 unspecified atom stereocenters. The van der Waals surface area contributed by atoms with Gasteiger partial charge in [0, 0.05) is 24.4 Å². The van der Waals surface area contributed by atoms with Gasteiger partial charge in [0.25, 0.3) is 0 Å². The molecule has 0 radical (unpaired) electrons. The fraction of sp³-hybridized carbons (Fsp3) is 0.200. The van der Waals surface area contributed by atoms with E-state index in [1.165, 1.54) is 11.4 Å². The Morgan fingerprint density at radius 3 is 2.36 bits per heavy atom. The Kier molecular flexibility index (Phi) is 1.42. The molecule has 2 rings (SSSR count). The predicted molar refractivity (Wildman–Crippen MR) is 47.5 cm³/mol. The third kappa shape index (κ3) is 1.03. The molecular weight excluding hydrogens is 134 g/mol. The zero-order valence-electron chi connectivity index (χ0n) is 6.46. The van der Waals surface area contributed by atoms with Crippen LogP contribution in [0.15, 0.2) is 42.6 Å². The summed E-state index contributed by atoms with van der Waals surface area (Å²) in [5.41, 5.74) is 2.50. The zero-order valence-corrected chi connectivity index (χ0v) is 6.46. The second kappa shape index (κ2) is 2.42. The highest BCUT2D eigenvalue weighted by molar-refractivity contribution is 5.54. The van der Waals surface area contributed by atoms with Crippen molar-refractivity contribution in [1.82, 2.24) is 0 Å². The fourth-order valence-electron chi connectivity index (χ4n) is 1.30. The quantitative estimate of drug-likeness (QED) is 0.586. The van der Waals surface area contributed by atoms with Crippen LogP contribution < -0.4 is 4.90 Å². The number of nitrogens with zero attached hydrogens (tertiary/aromatic N) is 1. The van der Waals surface area contributed by atoms with E-state index in [1.54, 1.807) is 0 Å². The van der Waals surface area contributed by atoms with Crippen molar-refractivity contribution < 1.29 is 0 Å². The van der Waals surface area contributed by atoms with Crippen molar-refractivity contribution in [3.63, 3.8) is 0 Å². The largest absolute Gasteiger partial charge is 0.345 e. The van der Waals surface area contributed by atoms with Gasteiger partial charge in [0.05, 0.1) is 0 Å². The maximum Gasteiger partial charge on any atom is 0.0408 e. The lowest BCUT2D eigenvalue weighted by atomic mass is 10.1. The van der Waals surface area contributed by atoms with Gasteiger partial charge in [-0.15, -0.1) is 0 Å². The molecule has 0 saturated carbocycles. The fourth-order valence-corrected chi connectivity index (χ4v) is 1.30. The monoisotopic (exact) mass is 145 g/mol. The van der Waals surface area contributed by atoms with Crippen molar-refractivity contribution in [2.45, 2.75) is 6.42 Å². The zero-order chi connectivity index (χ0) is 7.68. The van der Waals surface area contributed by atoms with Gasteiger partial charge in [-0.3, -0.25) is 0 Å².